The molecule has 0 aliphatic carbocycles. The van der Waals surface area contributed by atoms with Crippen LogP contribution in [0.25, 0.3) is 5.82 Å². The van der Waals surface area contributed by atoms with Crippen LogP contribution < -0.4 is 10.1 Å². The summed E-state index contributed by atoms with van der Waals surface area (Å²) >= 11 is 6.02. The second-order valence-corrected chi connectivity index (χ2v) is 5.30. The molecule has 8 heteroatoms. The van der Waals surface area contributed by atoms with Crippen LogP contribution in [0.5, 0.6) is 5.75 Å². The molecule has 24 heavy (non-hydrogen) atoms. The average molecular weight is 344 g/mol. The summed E-state index contributed by atoms with van der Waals surface area (Å²) in [7, 11) is 0. The summed E-state index contributed by atoms with van der Waals surface area (Å²) in [6.45, 7) is 1.63. The predicted octanol–water partition coefficient (Wildman–Crippen LogP) is 2.72. The van der Waals surface area contributed by atoms with Gasteiger partial charge in [0.05, 0.1) is 5.02 Å². The Hall–Kier alpha value is -2.93. The lowest BCUT2D eigenvalue weighted by Gasteiger charge is -2.15. The van der Waals surface area contributed by atoms with Gasteiger partial charge in [0.25, 0.3) is 5.91 Å². The molecule has 1 unspecified atom stereocenters. The smallest absolute Gasteiger partial charge is 0.266 e. The zero-order valence-corrected chi connectivity index (χ0v) is 13.5. The monoisotopic (exact) mass is 343 g/mol. The summed E-state index contributed by atoms with van der Waals surface area (Å²) in [6.07, 6.45) is 4.00. The fraction of sp³-hybridized carbons (Fsp3) is 0.125. The van der Waals surface area contributed by atoms with Crippen molar-refractivity contribution >= 4 is 23.3 Å². The molecule has 122 valence electrons. The number of nitrogens with zero attached hydrogens (tertiary/aromatic N) is 4. The minimum atomic E-state index is -0.743. The average Bonchev–Trinajstić information content (AvgIpc) is 3.12. The fourth-order valence-electron chi connectivity index (χ4n) is 1.96. The van der Waals surface area contributed by atoms with E-state index in [1.807, 2.05) is 0 Å². The van der Waals surface area contributed by atoms with Crippen molar-refractivity contribution in [2.75, 3.05) is 5.32 Å². The third-order valence-corrected chi connectivity index (χ3v) is 3.46. The SMILES string of the molecule is CC(Oc1ccccc1Cl)C(=O)Nc1cc(-n2cccn2)ncn1. The van der Waals surface area contributed by atoms with E-state index in [1.165, 1.54) is 6.33 Å². The van der Waals surface area contributed by atoms with Crippen LogP contribution in [0.3, 0.4) is 0 Å². The Morgan fingerprint density at radius 1 is 1.29 bits per heavy atom. The van der Waals surface area contributed by atoms with Crippen LogP contribution in [-0.4, -0.2) is 31.8 Å². The van der Waals surface area contributed by atoms with E-state index in [2.05, 4.69) is 20.4 Å². The number of aromatic nitrogens is 4. The molecule has 0 saturated carbocycles. The lowest BCUT2D eigenvalue weighted by molar-refractivity contribution is -0.122. The third kappa shape index (κ3) is 3.69. The van der Waals surface area contributed by atoms with Gasteiger partial charge in [-0.15, -0.1) is 0 Å². The molecule has 0 radical (unpaired) electrons. The van der Waals surface area contributed by atoms with Gasteiger partial charge in [-0.05, 0) is 25.1 Å². The molecule has 2 heterocycles. The van der Waals surface area contributed by atoms with Crippen molar-refractivity contribution in [2.45, 2.75) is 13.0 Å². The third-order valence-electron chi connectivity index (χ3n) is 3.15. The summed E-state index contributed by atoms with van der Waals surface area (Å²) in [5, 5.41) is 7.21. The summed E-state index contributed by atoms with van der Waals surface area (Å²) in [6, 6.07) is 10.4. The van der Waals surface area contributed by atoms with Crippen LogP contribution in [0.15, 0.2) is 55.1 Å². The molecular formula is C16H14ClN5O2. The number of rotatable bonds is 5. The largest absolute Gasteiger partial charge is 0.479 e. The highest BCUT2D eigenvalue weighted by Crippen LogP contribution is 2.24. The van der Waals surface area contributed by atoms with E-state index >= 15 is 0 Å². The lowest BCUT2D eigenvalue weighted by Crippen LogP contribution is -2.30. The zero-order valence-electron chi connectivity index (χ0n) is 12.8. The van der Waals surface area contributed by atoms with E-state index in [9.17, 15) is 4.79 Å². The van der Waals surface area contributed by atoms with Crippen molar-refractivity contribution in [2.24, 2.45) is 0 Å². The number of halogens is 1. The number of benzene rings is 1. The Morgan fingerprint density at radius 2 is 2.12 bits per heavy atom. The van der Waals surface area contributed by atoms with Gasteiger partial charge in [0.1, 0.15) is 17.9 Å². The van der Waals surface area contributed by atoms with Crippen molar-refractivity contribution in [3.05, 3.63) is 60.1 Å². The number of carbonyl (C=O) groups excluding carboxylic acids is 1. The first-order valence-corrected chi connectivity index (χ1v) is 7.55. The number of hydrogen-bond acceptors (Lipinski definition) is 5. The number of para-hydroxylation sites is 1. The molecule has 0 bridgehead atoms. The number of carbonyl (C=O) groups is 1. The summed E-state index contributed by atoms with van der Waals surface area (Å²) in [5.41, 5.74) is 0. The predicted molar refractivity (Wildman–Crippen MR) is 89.3 cm³/mol. The van der Waals surface area contributed by atoms with Gasteiger partial charge in [-0.25, -0.2) is 14.6 Å². The Kier molecular flexibility index (Phi) is 4.72. The van der Waals surface area contributed by atoms with E-state index in [0.29, 0.717) is 22.4 Å². The Balaban J connectivity index is 1.68. The van der Waals surface area contributed by atoms with Gasteiger partial charge in [0.15, 0.2) is 11.9 Å². The van der Waals surface area contributed by atoms with Crippen LogP contribution in [0, 0.1) is 0 Å². The lowest BCUT2D eigenvalue weighted by atomic mass is 10.3. The normalized spacial score (nSPS) is 11.8. The van der Waals surface area contributed by atoms with Crippen molar-refractivity contribution in [1.82, 2.24) is 19.7 Å². The maximum atomic E-state index is 12.3. The molecule has 1 amide bonds. The van der Waals surface area contributed by atoms with Gasteiger partial charge < -0.3 is 10.1 Å². The van der Waals surface area contributed by atoms with E-state index in [4.69, 9.17) is 16.3 Å². The molecule has 0 fully saturated rings. The van der Waals surface area contributed by atoms with Crippen molar-refractivity contribution in [3.8, 4) is 11.6 Å². The van der Waals surface area contributed by atoms with Gasteiger partial charge in [0, 0.05) is 18.5 Å². The first-order chi connectivity index (χ1) is 11.6. The standard InChI is InChI=1S/C16H14ClN5O2/c1-11(24-13-6-3-2-5-12(13)17)16(23)21-14-9-15(19-10-18-14)22-8-4-7-20-22/h2-11H,1H3,(H,18,19,21,23). The van der Waals surface area contributed by atoms with Gasteiger partial charge in [0.2, 0.25) is 0 Å². The van der Waals surface area contributed by atoms with Gasteiger partial charge >= 0.3 is 0 Å². The van der Waals surface area contributed by atoms with Crippen LogP contribution in [0.4, 0.5) is 5.82 Å². The summed E-state index contributed by atoms with van der Waals surface area (Å²) in [5.74, 6) is 1.00. The molecule has 2 aromatic heterocycles. The van der Waals surface area contributed by atoms with Crippen LogP contribution in [-0.2, 0) is 4.79 Å². The van der Waals surface area contributed by atoms with Crippen LogP contribution >= 0.6 is 11.6 Å². The van der Waals surface area contributed by atoms with Crippen molar-refractivity contribution < 1.29 is 9.53 Å². The second kappa shape index (κ2) is 7.10. The maximum absolute atomic E-state index is 12.3. The number of nitrogens with one attached hydrogen (secondary N) is 1. The highest BCUT2D eigenvalue weighted by Gasteiger charge is 2.17. The Bertz CT molecular complexity index is 838. The number of amides is 1. The topological polar surface area (TPSA) is 81.9 Å². The Morgan fingerprint density at radius 3 is 2.88 bits per heavy atom. The molecule has 0 aliphatic rings. The van der Waals surface area contributed by atoms with Crippen molar-refractivity contribution in [3.63, 3.8) is 0 Å². The van der Waals surface area contributed by atoms with Crippen LogP contribution in [0.2, 0.25) is 5.02 Å². The molecule has 1 N–H and O–H groups in total. The molecule has 3 aromatic rings. The first kappa shape index (κ1) is 15.9. The molecule has 0 spiro atoms. The minimum Gasteiger partial charge on any atom is -0.479 e. The molecular weight excluding hydrogens is 330 g/mol. The van der Waals surface area contributed by atoms with E-state index in [0.717, 1.165) is 0 Å². The fourth-order valence-corrected chi connectivity index (χ4v) is 2.14. The van der Waals surface area contributed by atoms with E-state index in [1.54, 1.807) is 60.4 Å². The molecule has 0 saturated heterocycles. The summed E-state index contributed by atoms with van der Waals surface area (Å²) in [4.78, 5) is 20.4. The maximum Gasteiger partial charge on any atom is 0.266 e. The van der Waals surface area contributed by atoms with E-state index in [-0.39, 0.29) is 5.91 Å². The quantitative estimate of drug-likeness (QED) is 0.770. The second-order valence-electron chi connectivity index (χ2n) is 4.89. The molecule has 7 nitrogen and oxygen atoms in total. The summed E-state index contributed by atoms with van der Waals surface area (Å²) < 4.78 is 7.15. The van der Waals surface area contributed by atoms with Gasteiger partial charge in [-0.2, -0.15) is 5.10 Å². The zero-order chi connectivity index (χ0) is 16.9. The number of ether oxygens (including phenoxy) is 1. The first-order valence-electron chi connectivity index (χ1n) is 7.17. The highest BCUT2D eigenvalue weighted by atomic mass is 35.5. The number of anilines is 1. The van der Waals surface area contributed by atoms with Crippen LogP contribution in [0.1, 0.15) is 6.92 Å². The van der Waals surface area contributed by atoms with E-state index < -0.39 is 6.10 Å². The van der Waals surface area contributed by atoms with Gasteiger partial charge in [-0.3, -0.25) is 4.79 Å². The molecule has 3 rings (SSSR count). The molecule has 1 aromatic carbocycles. The van der Waals surface area contributed by atoms with Crippen molar-refractivity contribution in [1.29, 1.82) is 0 Å². The molecule has 0 aliphatic heterocycles. The number of hydrogen-bond donors (Lipinski definition) is 1. The molecule has 1 atom stereocenters. The Labute approximate surface area is 143 Å². The van der Waals surface area contributed by atoms with Gasteiger partial charge in [-0.1, -0.05) is 23.7 Å². The minimum absolute atomic E-state index is 0.347. The highest BCUT2D eigenvalue weighted by molar-refractivity contribution is 6.32.